The molecule has 7 heteroatoms. The lowest BCUT2D eigenvalue weighted by Crippen LogP contribution is -2.27. The number of imidazole rings is 1. The molecule has 31 heavy (non-hydrogen) atoms. The highest BCUT2D eigenvalue weighted by atomic mass is 35.5. The first kappa shape index (κ1) is 19.6. The summed E-state index contributed by atoms with van der Waals surface area (Å²) < 4.78 is 0. The maximum atomic E-state index is 9.45. The van der Waals surface area contributed by atoms with Crippen molar-refractivity contribution in [3.8, 4) is 28.6 Å². The number of rotatable bonds is 3. The van der Waals surface area contributed by atoms with Crippen LogP contribution in [0.5, 0.6) is 0 Å². The molecule has 0 aliphatic carbocycles. The summed E-state index contributed by atoms with van der Waals surface area (Å²) in [5, 5.41) is 9.89. The summed E-state index contributed by atoms with van der Waals surface area (Å²) in [6.07, 6.45) is 4.60. The fourth-order valence-corrected chi connectivity index (χ4v) is 4.41. The molecule has 0 saturated carbocycles. The molecule has 1 fully saturated rings. The lowest BCUT2D eigenvalue weighted by molar-refractivity contribution is 0.752. The summed E-state index contributed by atoms with van der Waals surface area (Å²) in [6, 6.07) is 13.9. The standard InChI is InChI=1S/C24H21ClN6/c1-14-3-2-4-21-22(14)30-24(29-21)19-12-28-11-18(23(19)31-8-7-17(27)13-31)15-5-6-20(25)16(9-15)10-26/h2-6,9,11-12,17H,7-8,13,27H2,1H3,(H,29,30)/t17-/m0/s1. The second kappa shape index (κ2) is 7.69. The number of fused-ring (bicyclic) bond motifs is 1. The highest BCUT2D eigenvalue weighted by Crippen LogP contribution is 2.40. The van der Waals surface area contributed by atoms with Gasteiger partial charge >= 0.3 is 0 Å². The van der Waals surface area contributed by atoms with Crippen LogP contribution in [0.3, 0.4) is 0 Å². The van der Waals surface area contributed by atoms with Gasteiger partial charge in [-0.15, -0.1) is 0 Å². The lowest BCUT2D eigenvalue weighted by atomic mass is 10.00. The number of anilines is 1. The van der Waals surface area contributed by atoms with Gasteiger partial charge in [-0.25, -0.2) is 4.98 Å². The zero-order chi connectivity index (χ0) is 21.5. The van der Waals surface area contributed by atoms with Crippen LogP contribution in [-0.4, -0.2) is 34.1 Å². The molecule has 3 N–H and O–H groups in total. The Labute approximate surface area is 185 Å². The molecule has 1 aliphatic rings. The second-order valence-corrected chi connectivity index (χ2v) is 8.35. The van der Waals surface area contributed by atoms with Gasteiger partial charge in [0.15, 0.2) is 0 Å². The molecule has 1 aliphatic heterocycles. The van der Waals surface area contributed by atoms with E-state index in [-0.39, 0.29) is 6.04 Å². The van der Waals surface area contributed by atoms with Gasteiger partial charge in [0.25, 0.3) is 0 Å². The number of H-pyrrole nitrogens is 1. The molecule has 5 rings (SSSR count). The third-order valence-corrected chi connectivity index (χ3v) is 6.16. The van der Waals surface area contributed by atoms with E-state index in [2.05, 4.69) is 33.9 Å². The molecule has 1 atom stereocenters. The second-order valence-electron chi connectivity index (χ2n) is 7.94. The Morgan fingerprint density at radius 3 is 2.81 bits per heavy atom. The van der Waals surface area contributed by atoms with Crippen molar-refractivity contribution >= 4 is 28.3 Å². The Morgan fingerprint density at radius 2 is 2.06 bits per heavy atom. The van der Waals surface area contributed by atoms with E-state index in [0.29, 0.717) is 10.6 Å². The van der Waals surface area contributed by atoms with Crippen molar-refractivity contribution < 1.29 is 0 Å². The van der Waals surface area contributed by atoms with E-state index in [0.717, 1.165) is 64.3 Å². The number of nitrogens with one attached hydrogen (secondary N) is 1. The van der Waals surface area contributed by atoms with Crippen LogP contribution in [-0.2, 0) is 0 Å². The van der Waals surface area contributed by atoms with Crippen molar-refractivity contribution in [2.45, 2.75) is 19.4 Å². The topological polar surface area (TPSA) is 94.6 Å². The third-order valence-electron chi connectivity index (χ3n) is 5.83. The van der Waals surface area contributed by atoms with Crippen LogP contribution in [0.15, 0.2) is 48.8 Å². The highest BCUT2D eigenvalue weighted by Gasteiger charge is 2.26. The molecule has 2 aromatic carbocycles. The normalized spacial score (nSPS) is 16.1. The van der Waals surface area contributed by atoms with Gasteiger partial charge in [-0.1, -0.05) is 29.8 Å². The van der Waals surface area contributed by atoms with Crippen molar-refractivity contribution in [2.24, 2.45) is 5.73 Å². The van der Waals surface area contributed by atoms with E-state index in [1.54, 1.807) is 6.07 Å². The van der Waals surface area contributed by atoms with Crippen LogP contribution in [0.25, 0.3) is 33.5 Å². The molecule has 154 valence electrons. The fourth-order valence-electron chi connectivity index (χ4n) is 4.25. The minimum atomic E-state index is 0.117. The molecule has 0 spiro atoms. The molecule has 0 bridgehead atoms. The maximum Gasteiger partial charge on any atom is 0.142 e. The van der Waals surface area contributed by atoms with Crippen LogP contribution in [0.1, 0.15) is 17.5 Å². The number of pyridine rings is 1. The molecule has 1 saturated heterocycles. The molecule has 0 amide bonds. The first-order chi connectivity index (χ1) is 15.0. The van der Waals surface area contributed by atoms with E-state index in [1.807, 2.05) is 36.7 Å². The van der Waals surface area contributed by atoms with Gasteiger partial charge in [0.2, 0.25) is 0 Å². The van der Waals surface area contributed by atoms with Crippen LogP contribution in [0.2, 0.25) is 5.02 Å². The zero-order valence-corrected chi connectivity index (χ0v) is 17.8. The van der Waals surface area contributed by atoms with Gasteiger partial charge in [-0.2, -0.15) is 5.26 Å². The number of halogens is 1. The molecule has 0 unspecified atom stereocenters. The Morgan fingerprint density at radius 1 is 1.23 bits per heavy atom. The first-order valence-corrected chi connectivity index (χ1v) is 10.6. The predicted octanol–water partition coefficient (Wildman–Crippen LogP) is 4.66. The summed E-state index contributed by atoms with van der Waals surface area (Å²) in [6.45, 7) is 3.66. The van der Waals surface area contributed by atoms with Crippen LogP contribution in [0.4, 0.5) is 5.69 Å². The average Bonchev–Trinajstić information content (AvgIpc) is 3.40. The summed E-state index contributed by atoms with van der Waals surface area (Å²) in [4.78, 5) is 15.2. The zero-order valence-electron chi connectivity index (χ0n) is 17.1. The van der Waals surface area contributed by atoms with E-state index < -0.39 is 0 Å². The van der Waals surface area contributed by atoms with Crippen molar-refractivity contribution in [2.75, 3.05) is 18.0 Å². The molecular formula is C24H21ClN6. The first-order valence-electron chi connectivity index (χ1n) is 10.2. The number of para-hydroxylation sites is 1. The average molecular weight is 429 g/mol. The number of aromatic amines is 1. The number of hydrogen-bond acceptors (Lipinski definition) is 5. The SMILES string of the molecule is Cc1cccc2[nH]c(-c3cncc(-c4ccc(Cl)c(C#N)c4)c3N3CC[C@H](N)C3)nc12. The van der Waals surface area contributed by atoms with E-state index in [4.69, 9.17) is 22.3 Å². The van der Waals surface area contributed by atoms with E-state index >= 15 is 0 Å². The Balaban J connectivity index is 1.74. The van der Waals surface area contributed by atoms with Crippen molar-refractivity contribution in [1.82, 2.24) is 15.0 Å². The lowest BCUT2D eigenvalue weighted by Gasteiger charge is -2.24. The van der Waals surface area contributed by atoms with Gasteiger partial charge in [-0.05, 0) is 42.7 Å². The smallest absolute Gasteiger partial charge is 0.142 e. The number of benzene rings is 2. The van der Waals surface area contributed by atoms with Crippen molar-refractivity contribution in [3.05, 3.63) is 64.9 Å². The number of hydrogen-bond donors (Lipinski definition) is 2. The third kappa shape index (κ3) is 3.42. The van der Waals surface area contributed by atoms with Gasteiger partial charge in [0.1, 0.15) is 11.9 Å². The maximum absolute atomic E-state index is 9.45. The molecular weight excluding hydrogens is 408 g/mol. The van der Waals surface area contributed by atoms with E-state index in [9.17, 15) is 5.26 Å². The summed E-state index contributed by atoms with van der Waals surface area (Å²) >= 11 is 6.18. The number of aromatic nitrogens is 3. The Bertz CT molecular complexity index is 1340. The molecule has 4 aromatic rings. The van der Waals surface area contributed by atoms with Gasteiger partial charge in [0, 0.05) is 37.1 Å². The molecule has 2 aromatic heterocycles. The predicted molar refractivity (Wildman–Crippen MR) is 124 cm³/mol. The Kier molecular flexibility index (Phi) is 4.85. The van der Waals surface area contributed by atoms with Crippen LogP contribution in [0, 0.1) is 18.3 Å². The Hall–Kier alpha value is -3.40. The minimum Gasteiger partial charge on any atom is -0.369 e. The van der Waals surface area contributed by atoms with Gasteiger partial charge < -0.3 is 15.6 Å². The highest BCUT2D eigenvalue weighted by molar-refractivity contribution is 6.31. The number of nitrogens with two attached hydrogens (primary N) is 1. The summed E-state index contributed by atoms with van der Waals surface area (Å²) in [7, 11) is 0. The minimum absolute atomic E-state index is 0.117. The quantitative estimate of drug-likeness (QED) is 0.494. The monoisotopic (exact) mass is 428 g/mol. The van der Waals surface area contributed by atoms with Crippen molar-refractivity contribution in [3.63, 3.8) is 0 Å². The van der Waals surface area contributed by atoms with Gasteiger partial charge in [-0.3, -0.25) is 4.98 Å². The molecule has 3 heterocycles. The number of aryl methyl sites for hydroxylation is 1. The van der Waals surface area contributed by atoms with Crippen LogP contribution < -0.4 is 10.6 Å². The van der Waals surface area contributed by atoms with Crippen LogP contribution >= 0.6 is 11.6 Å². The van der Waals surface area contributed by atoms with E-state index in [1.165, 1.54) is 0 Å². The fraction of sp³-hybridized carbons (Fsp3) is 0.208. The molecule has 6 nitrogen and oxygen atoms in total. The number of nitrogens with zero attached hydrogens (tertiary/aromatic N) is 4. The van der Waals surface area contributed by atoms with Gasteiger partial charge in [0.05, 0.1) is 32.9 Å². The largest absolute Gasteiger partial charge is 0.369 e. The number of nitriles is 1. The molecule has 0 radical (unpaired) electrons. The summed E-state index contributed by atoms with van der Waals surface area (Å²) in [5.41, 5.74) is 13.5. The van der Waals surface area contributed by atoms with Crippen molar-refractivity contribution in [1.29, 1.82) is 5.26 Å². The summed E-state index contributed by atoms with van der Waals surface area (Å²) in [5.74, 6) is 0.767.